The Labute approximate surface area is 143 Å². The topological polar surface area (TPSA) is 28.7 Å². The summed E-state index contributed by atoms with van der Waals surface area (Å²) < 4.78 is 0. The quantitative estimate of drug-likeness (QED) is 0.365. The average Bonchev–Trinajstić information content (AvgIpc) is 3.08. The second kappa shape index (κ2) is 5.08. The van der Waals surface area contributed by atoms with Crippen molar-refractivity contribution in [2.24, 2.45) is 0 Å². The van der Waals surface area contributed by atoms with E-state index in [9.17, 15) is 0 Å². The molecule has 5 rings (SSSR count). The fraction of sp³-hybridized carbons (Fsp3) is 0. The number of imidazole rings is 1. The summed E-state index contributed by atoms with van der Waals surface area (Å²) in [6.07, 6.45) is 0. The van der Waals surface area contributed by atoms with Crippen LogP contribution in [0.2, 0.25) is 5.02 Å². The Morgan fingerprint density at radius 2 is 1.38 bits per heavy atom. The van der Waals surface area contributed by atoms with E-state index in [1.165, 1.54) is 16.2 Å². The molecule has 1 N–H and O–H groups in total. The smallest absolute Gasteiger partial charge is 0.138 e. The lowest BCUT2D eigenvalue weighted by molar-refractivity contribution is 1.34. The summed E-state index contributed by atoms with van der Waals surface area (Å²) in [4.78, 5) is 8.39. The zero-order chi connectivity index (χ0) is 16.1. The summed E-state index contributed by atoms with van der Waals surface area (Å²) in [5.41, 5.74) is 3.06. The van der Waals surface area contributed by atoms with Crippen LogP contribution in [0.4, 0.5) is 0 Å². The normalized spacial score (nSPS) is 11.5. The van der Waals surface area contributed by atoms with Crippen LogP contribution in [-0.4, -0.2) is 9.97 Å². The van der Waals surface area contributed by atoms with Crippen molar-refractivity contribution in [3.63, 3.8) is 0 Å². The molecule has 0 unspecified atom stereocenters. The fourth-order valence-electron chi connectivity index (χ4n) is 3.40. The minimum Gasteiger partial charge on any atom is -0.337 e. The van der Waals surface area contributed by atoms with Crippen molar-refractivity contribution in [1.29, 1.82) is 0 Å². The summed E-state index contributed by atoms with van der Waals surface area (Å²) in [7, 11) is 0. The molecule has 0 aliphatic heterocycles. The molecule has 4 aromatic carbocycles. The molecule has 0 spiro atoms. The zero-order valence-electron chi connectivity index (χ0n) is 12.8. The molecule has 1 aromatic heterocycles. The molecular weight excluding hydrogens is 316 g/mol. The van der Waals surface area contributed by atoms with Crippen LogP contribution in [-0.2, 0) is 0 Å². The van der Waals surface area contributed by atoms with Crippen LogP contribution in [0.5, 0.6) is 0 Å². The number of aromatic amines is 1. The number of nitrogens with zero attached hydrogens (tertiary/aromatic N) is 1. The molecule has 1 heterocycles. The molecule has 0 saturated heterocycles. The molecule has 5 aromatic rings. The molecule has 114 valence electrons. The zero-order valence-corrected chi connectivity index (χ0v) is 13.5. The van der Waals surface area contributed by atoms with Gasteiger partial charge in [0.25, 0.3) is 0 Å². The Hall–Kier alpha value is -2.84. The lowest BCUT2D eigenvalue weighted by atomic mass is 10.0. The van der Waals surface area contributed by atoms with E-state index in [-0.39, 0.29) is 0 Å². The van der Waals surface area contributed by atoms with E-state index in [2.05, 4.69) is 53.5 Å². The number of benzene rings is 4. The van der Waals surface area contributed by atoms with E-state index in [0.29, 0.717) is 5.02 Å². The first-order valence-corrected chi connectivity index (χ1v) is 8.24. The third-order valence-electron chi connectivity index (χ3n) is 4.47. The van der Waals surface area contributed by atoms with Gasteiger partial charge in [0.1, 0.15) is 5.82 Å². The van der Waals surface area contributed by atoms with E-state index >= 15 is 0 Å². The van der Waals surface area contributed by atoms with Gasteiger partial charge in [-0.15, -0.1) is 0 Å². The van der Waals surface area contributed by atoms with Crippen molar-refractivity contribution in [3.05, 3.63) is 77.8 Å². The lowest BCUT2D eigenvalue weighted by Gasteiger charge is -2.05. The Balaban J connectivity index is 1.95. The second-order valence-electron chi connectivity index (χ2n) is 5.91. The molecule has 0 bridgehead atoms. The molecule has 0 radical (unpaired) electrons. The molecule has 24 heavy (non-hydrogen) atoms. The van der Waals surface area contributed by atoms with Gasteiger partial charge in [0.15, 0.2) is 0 Å². The summed E-state index contributed by atoms with van der Waals surface area (Å²) >= 11 is 6.14. The van der Waals surface area contributed by atoms with Crippen molar-refractivity contribution in [2.75, 3.05) is 0 Å². The van der Waals surface area contributed by atoms with Gasteiger partial charge in [-0.05, 0) is 22.9 Å². The van der Waals surface area contributed by atoms with Gasteiger partial charge in [0.05, 0.1) is 11.0 Å². The van der Waals surface area contributed by atoms with Gasteiger partial charge in [-0.25, -0.2) is 4.98 Å². The van der Waals surface area contributed by atoms with Crippen LogP contribution < -0.4 is 0 Å². The van der Waals surface area contributed by atoms with Crippen molar-refractivity contribution in [2.45, 2.75) is 0 Å². The number of halogens is 1. The molecule has 0 saturated carbocycles. The van der Waals surface area contributed by atoms with Crippen molar-refractivity contribution >= 4 is 44.2 Å². The third-order valence-corrected chi connectivity index (χ3v) is 4.71. The highest BCUT2D eigenvalue weighted by atomic mass is 35.5. The summed E-state index contributed by atoms with van der Waals surface area (Å²) in [6.45, 7) is 0. The molecule has 0 atom stereocenters. The van der Waals surface area contributed by atoms with Crippen molar-refractivity contribution in [3.8, 4) is 11.4 Å². The van der Waals surface area contributed by atoms with E-state index in [1.807, 2.05) is 24.3 Å². The monoisotopic (exact) mass is 328 g/mol. The fourth-order valence-corrected chi connectivity index (χ4v) is 3.59. The minimum atomic E-state index is 0.711. The molecule has 0 fully saturated rings. The number of H-pyrrole nitrogens is 1. The van der Waals surface area contributed by atoms with Gasteiger partial charge in [-0.2, -0.15) is 0 Å². The number of rotatable bonds is 1. The molecule has 0 amide bonds. The predicted octanol–water partition coefficient (Wildman–Crippen LogP) is 6.19. The van der Waals surface area contributed by atoms with Crippen LogP contribution >= 0.6 is 11.6 Å². The standard InChI is InChI=1S/C21H13ClN2/c22-14-7-5-6-13(12-14)21-23-19-17-10-3-1-8-15(17)16-9-2-4-11-18(16)20(19)24-21/h1-12H,(H,23,24). The predicted molar refractivity (Wildman–Crippen MR) is 102 cm³/mol. The first-order chi connectivity index (χ1) is 11.8. The maximum atomic E-state index is 6.14. The Morgan fingerprint density at radius 1 is 0.708 bits per heavy atom. The number of nitrogens with one attached hydrogen (secondary N) is 1. The highest BCUT2D eigenvalue weighted by molar-refractivity contribution is 6.30. The largest absolute Gasteiger partial charge is 0.337 e. The van der Waals surface area contributed by atoms with E-state index in [1.54, 1.807) is 0 Å². The number of hydrogen-bond donors (Lipinski definition) is 1. The summed E-state index contributed by atoms with van der Waals surface area (Å²) in [5, 5.41) is 5.53. The van der Waals surface area contributed by atoms with Crippen LogP contribution in [0.3, 0.4) is 0 Å². The van der Waals surface area contributed by atoms with Gasteiger partial charge in [0.2, 0.25) is 0 Å². The summed E-state index contributed by atoms with van der Waals surface area (Å²) in [6, 6.07) is 24.6. The lowest BCUT2D eigenvalue weighted by Crippen LogP contribution is -1.81. The van der Waals surface area contributed by atoms with Crippen LogP contribution in [0.15, 0.2) is 72.8 Å². The minimum absolute atomic E-state index is 0.711. The number of hydrogen-bond acceptors (Lipinski definition) is 1. The number of aromatic nitrogens is 2. The maximum absolute atomic E-state index is 6.14. The molecule has 0 aliphatic rings. The maximum Gasteiger partial charge on any atom is 0.138 e. The highest BCUT2D eigenvalue weighted by Gasteiger charge is 2.13. The van der Waals surface area contributed by atoms with Gasteiger partial charge in [-0.3, -0.25) is 0 Å². The first kappa shape index (κ1) is 13.6. The van der Waals surface area contributed by atoms with E-state index in [0.717, 1.165) is 27.8 Å². The Kier molecular flexibility index (Phi) is 2.88. The first-order valence-electron chi connectivity index (χ1n) is 7.86. The summed E-state index contributed by atoms with van der Waals surface area (Å²) in [5.74, 6) is 0.842. The van der Waals surface area contributed by atoms with Gasteiger partial charge in [-0.1, -0.05) is 72.3 Å². The molecule has 2 nitrogen and oxygen atoms in total. The van der Waals surface area contributed by atoms with Gasteiger partial charge in [0, 0.05) is 21.4 Å². The second-order valence-corrected chi connectivity index (χ2v) is 6.35. The molecular formula is C21H13ClN2. The molecule has 0 aliphatic carbocycles. The number of fused-ring (bicyclic) bond motifs is 6. The highest BCUT2D eigenvalue weighted by Crippen LogP contribution is 2.35. The average molecular weight is 329 g/mol. The van der Waals surface area contributed by atoms with Crippen molar-refractivity contribution < 1.29 is 0 Å². The van der Waals surface area contributed by atoms with Gasteiger partial charge < -0.3 is 4.98 Å². The van der Waals surface area contributed by atoms with Crippen molar-refractivity contribution in [1.82, 2.24) is 9.97 Å². The SMILES string of the molecule is Clc1cccc(-c2nc3c4ccccc4c4ccccc4c3[nH]2)c1. The van der Waals surface area contributed by atoms with Crippen LogP contribution in [0, 0.1) is 0 Å². The third kappa shape index (κ3) is 1.93. The van der Waals surface area contributed by atoms with Crippen LogP contribution in [0.25, 0.3) is 44.0 Å². The van der Waals surface area contributed by atoms with E-state index in [4.69, 9.17) is 16.6 Å². The Bertz CT molecular complexity index is 1150. The molecule has 3 heteroatoms. The van der Waals surface area contributed by atoms with Crippen LogP contribution in [0.1, 0.15) is 0 Å². The van der Waals surface area contributed by atoms with E-state index < -0.39 is 0 Å². The Morgan fingerprint density at radius 3 is 2.12 bits per heavy atom. The van der Waals surface area contributed by atoms with Gasteiger partial charge >= 0.3 is 0 Å².